The molecule has 0 bridgehead atoms. The van der Waals surface area contributed by atoms with Crippen LogP contribution >= 0.6 is 11.3 Å². The summed E-state index contributed by atoms with van der Waals surface area (Å²) in [6, 6.07) is 9.75. The van der Waals surface area contributed by atoms with E-state index in [1.165, 1.54) is 12.1 Å². The number of thiophene rings is 1. The summed E-state index contributed by atoms with van der Waals surface area (Å²) in [6.07, 6.45) is 2.35. The van der Waals surface area contributed by atoms with Crippen molar-refractivity contribution in [3.05, 3.63) is 69.8 Å². The zero-order valence-corrected chi connectivity index (χ0v) is 15.3. The Kier molecular flexibility index (Phi) is 6.12. The fraction of sp³-hybridized carbons (Fsp3) is 0.316. The van der Waals surface area contributed by atoms with Crippen LogP contribution in [0.25, 0.3) is 0 Å². The van der Waals surface area contributed by atoms with Gasteiger partial charge in [0.2, 0.25) is 11.8 Å². The van der Waals surface area contributed by atoms with Gasteiger partial charge in [0, 0.05) is 24.1 Å². The lowest BCUT2D eigenvalue weighted by atomic mass is 10.0. The molecular weight excluding hydrogens is 353 g/mol. The quantitative estimate of drug-likeness (QED) is 0.646. The highest BCUT2D eigenvalue weighted by Crippen LogP contribution is 2.26. The van der Waals surface area contributed by atoms with Crippen molar-refractivity contribution in [3.63, 3.8) is 0 Å². The first-order valence-electron chi connectivity index (χ1n) is 8.55. The highest BCUT2D eigenvalue weighted by atomic mass is 32.1. The normalized spacial score (nSPS) is 12.1. The van der Waals surface area contributed by atoms with Crippen molar-refractivity contribution in [2.24, 2.45) is 0 Å². The molecule has 2 heterocycles. The maximum atomic E-state index is 13.2. The topological polar surface area (TPSA) is 68.0 Å². The van der Waals surface area contributed by atoms with E-state index >= 15 is 0 Å². The second kappa shape index (κ2) is 8.71. The summed E-state index contributed by atoms with van der Waals surface area (Å²) < 4.78 is 18.4. The smallest absolute Gasteiger partial charge is 0.227 e. The first-order chi connectivity index (χ1) is 12.7. The third-order valence-electron chi connectivity index (χ3n) is 3.89. The van der Waals surface area contributed by atoms with Crippen molar-refractivity contribution in [2.45, 2.75) is 38.6 Å². The van der Waals surface area contributed by atoms with Crippen LogP contribution in [0.2, 0.25) is 0 Å². The minimum Gasteiger partial charge on any atom is -0.344 e. The van der Waals surface area contributed by atoms with Crippen molar-refractivity contribution in [2.75, 3.05) is 0 Å². The average Bonchev–Trinajstić information content (AvgIpc) is 3.31. The maximum Gasteiger partial charge on any atom is 0.227 e. The van der Waals surface area contributed by atoms with Gasteiger partial charge in [0.25, 0.3) is 0 Å². The van der Waals surface area contributed by atoms with Crippen LogP contribution in [0.15, 0.2) is 46.3 Å². The van der Waals surface area contributed by atoms with Gasteiger partial charge in [-0.15, -0.1) is 11.3 Å². The number of benzene rings is 1. The minimum atomic E-state index is -0.304. The number of hydrogen-bond acceptors (Lipinski definition) is 5. The molecule has 7 heteroatoms. The van der Waals surface area contributed by atoms with Crippen molar-refractivity contribution in [1.29, 1.82) is 0 Å². The van der Waals surface area contributed by atoms with Crippen LogP contribution in [0.1, 0.15) is 48.0 Å². The van der Waals surface area contributed by atoms with E-state index in [0.29, 0.717) is 18.1 Å². The predicted molar refractivity (Wildman–Crippen MR) is 97.3 cm³/mol. The molecule has 3 rings (SSSR count). The summed E-state index contributed by atoms with van der Waals surface area (Å²) in [5, 5.41) is 8.86. The van der Waals surface area contributed by atoms with Gasteiger partial charge < -0.3 is 9.84 Å². The van der Waals surface area contributed by atoms with Gasteiger partial charge in [-0.05, 0) is 35.6 Å². The van der Waals surface area contributed by atoms with Crippen molar-refractivity contribution in [3.8, 4) is 0 Å². The van der Waals surface area contributed by atoms with Gasteiger partial charge in [-0.25, -0.2) is 4.39 Å². The Morgan fingerprint density at radius 3 is 2.77 bits per heavy atom. The van der Waals surface area contributed by atoms with E-state index in [4.69, 9.17) is 4.52 Å². The number of nitrogens with one attached hydrogen (secondary N) is 1. The van der Waals surface area contributed by atoms with Crippen LogP contribution in [-0.2, 0) is 17.6 Å². The van der Waals surface area contributed by atoms with E-state index in [0.717, 1.165) is 23.3 Å². The first-order valence-corrected chi connectivity index (χ1v) is 9.43. The van der Waals surface area contributed by atoms with Crippen LogP contribution in [0.4, 0.5) is 4.39 Å². The number of amides is 1. The molecule has 1 aromatic carbocycles. The van der Waals surface area contributed by atoms with Crippen molar-refractivity contribution >= 4 is 17.2 Å². The van der Waals surface area contributed by atoms with Gasteiger partial charge in [-0.2, -0.15) is 4.98 Å². The number of halogens is 1. The van der Waals surface area contributed by atoms with Gasteiger partial charge in [0.1, 0.15) is 5.82 Å². The fourth-order valence-electron chi connectivity index (χ4n) is 2.60. The molecule has 2 aromatic heterocycles. The van der Waals surface area contributed by atoms with Gasteiger partial charge in [-0.3, -0.25) is 4.79 Å². The monoisotopic (exact) mass is 373 g/mol. The molecule has 0 spiro atoms. The molecule has 1 amide bonds. The Labute approximate surface area is 155 Å². The molecule has 0 saturated carbocycles. The molecule has 0 aliphatic heterocycles. The van der Waals surface area contributed by atoms with E-state index in [-0.39, 0.29) is 24.2 Å². The van der Waals surface area contributed by atoms with Gasteiger partial charge in [-0.1, -0.05) is 30.3 Å². The molecule has 0 saturated heterocycles. The number of aryl methyl sites for hydroxylation is 2. The lowest BCUT2D eigenvalue weighted by molar-refractivity contribution is -0.121. The van der Waals surface area contributed by atoms with Gasteiger partial charge in [0.15, 0.2) is 5.82 Å². The van der Waals surface area contributed by atoms with Crippen molar-refractivity contribution in [1.82, 2.24) is 15.5 Å². The summed E-state index contributed by atoms with van der Waals surface area (Å²) >= 11 is 1.55. The zero-order chi connectivity index (χ0) is 18.4. The SMILES string of the molecule is CCCc1noc(CCC(=O)NC(c2ccc(F)cc2)c2cccs2)n1. The summed E-state index contributed by atoms with van der Waals surface area (Å²) in [6.45, 7) is 2.05. The van der Waals surface area contributed by atoms with Crippen LogP contribution < -0.4 is 5.32 Å². The average molecular weight is 373 g/mol. The molecule has 0 aliphatic carbocycles. The van der Waals surface area contributed by atoms with Crippen LogP contribution in [0, 0.1) is 5.82 Å². The Bertz CT molecular complexity index is 831. The van der Waals surface area contributed by atoms with Crippen LogP contribution in [-0.4, -0.2) is 16.0 Å². The molecule has 0 aliphatic rings. The number of carbonyl (C=O) groups is 1. The Morgan fingerprint density at radius 2 is 2.08 bits per heavy atom. The molecular formula is C19H20FN3O2S. The summed E-state index contributed by atoms with van der Waals surface area (Å²) in [5.41, 5.74) is 0.838. The maximum absolute atomic E-state index is 13.2. The lowest BCUT2D eigenvalue weighted by Gasteiger charge is -2.18. The molecule has 1 atom stereocenters. The summed E-state index contributed by atoms with van der Waals surface area (Å²) in [7, 11) is 0. The highest BCUT2D eigenvalue weighted by molar-refractivity contribution is 7.10. The first kappa shape index (κ1) is 18.3. The van der Waals surface area contributed by atoms with Gasteiger partial charge >= 0.3 is 0 Å². The number of aromatic nitrogens is 2. The number of rotatable bonds is 8. The number of hydrogen-bond donors (Lipinski definition) is 1. The van der Waals surface area contributed by atoms with Crippen LogP contribution in [0.5, 0.6) is 0 Å². The fourth-order valence-corrected chi connectivity index (χ4v) is 3.40. The number of carbonyl (C=O) groups excluding carboxylic acids is 1. The zero-order valence-electron chi connectivity index (χ0n) is 14.4. The molecule has 5 nitrogen and oxygen atoms in total. The molecule has 3 aromatic rings. The molecule has 0 radical (unpaired) electrons. The largest absolute Gasteiger partial charge is 0.344 e. The Balaban J connectivity index is 1.64. The predicted octanol–water partition coefficient (Wildman–Crippen LogP) is 4.06. The van der Waals surface area contributed by atoms with Crippen LogP contribution in [0.3, 0.4) is 0 Å². The number of nitrogens with zero attached hydrogens (tertiary/aromatic N) is 2. The molecule has 1 unspecified atom stereocenters. The second-order valence-electron chi connectivity index (χ2n) is 5.92. The minimum absolute atomic E-state index is 0.122. The molecule has 26 heavy (non-hydrogen) atoms. The third kappa shape index (κ3) is 4.76. The second-order valence-corrected chi connectivity index (χ2v) is 6.90. The highest BCUT2D eigenvalue weighted by Gasteiger charge is 2.18. The summed E-state index contributed by atoms with van der Waals surface area (Å²) in [4.78, 5) is 17.7. The van der Waals surface area contributed by atoms with E-state index in [1.807, 2.05) is 24.4 Å². The van der Waals surface area contributed by atoms with E-state index in [2.05, 4.69) is 15.5 Å². The van der Waals surface area contributed by atoms with E-state index < -0.39 is 0 Å². The Morgan fingerprint density at radius 1 is 1.27 bits per heavy atom. The Hall–Kier alpha value is -2.54. The standard InChI is InChI=1S/C19H20FN3O2S/c1-2-4-16-21-18(25-23-16)11-10-17(24)22-19(15-5-3-12-26-15)13-6-8-14(20)9-7-13/h3,5-9,12,19H,2,4,10-11H2,1H3,(H,22,24). The summed E-state index contributed by atoms with van der Waals surface area (Å²) in [5.74, 6) is 0.719. The van der Waals surface area contributed by atoms with Crippen molar-refractivity contribution < 1.29 is 13.7 Å². The molecule has 0 fully saturated rings. The molecule has 136 valence electrons. The van der Waals surface area contributed by atoms with E-state index in [1.54, 1.807) is 23.5 Å². The molecule has 1 N–H and O–H groups in total. The van der Waals surface area contributed by atoms with E-state index in [9.17, 15) is 9.18 Å². The van der Waals surface area contributed by atoms with Gasteiger partial charge in [0.05, 0.1) is 6.04 Å². The lowest BCUT2D eigenvalue weighted by Crippen LogP contribution is -2.29. The third-order valence-corrected chi connectivity index (χ3v) is 4.82.